The Labute approximate surface area is 175 Å². The Hall–Kier alpha value is -3.00. The van der Waals surface area contributed by atoms with Crippen LogP contribution in [0.15, 0.2) is 35.5 Å². The van der Waals surface area contributed by atoms with E-state index in [9.17, 15) is 5.11 Å². The molecule has 2 heterocycles. The summed E-state index contributed by atoms with van der Waals surface area (Å²) in [5.41, 5.74) is 9.70. The fourth-order valence-corrected chi connectivity index (χ4v) is 3.94. The number of fused-ring (bicyclic) bond motifs is 1. The molecule has 2 saturated carbocycles. The van der Waals surface area contributed by atoms with Gasteiger partial charge in [0.25, 0.3) is 0 Å². The van der Waals surface area contributed by atoms with E-state index in [1.165, 1.54) is 0 Å². The minimum absolute atomic E-state index is 0.0608. The first kappa shape index (κ1) is 19.0. The molecule has 0 aliphatic heterocycles. The summed E-state index contributed by atoms with van der Waals surface area (Å²) in [5.74, 6) is 2.24. The van der Waals surface area contributed by atoms with E-state index in [-0.39, 0.29) is 12.0 Å². The number of aliphatic hydroxyl groups excluding tert-OH is 1. The molecule has 0 amide bonds. The monoisotopic (exact) mass is 405 g/mol. The molecule has 8 heteroatoms. The third-order valence-corrected chi connectivity index (χ3v) is 6.25. The number of H-pyrrole nitrogens is 1. The molecule has 0 bridgehead atoms. The second-order valence-corrected chi connectivity index (χ2v) is 8.53. The van der Waals surface area contributed by atoms with Gasteiger partial charge in [0.05, 0.1) is 29.9 Å². The molecule has 0 spiro atoms. The van der Waals surface area contributed by atoms with Crippen molar-refractivity contribution in [1.29, 1.82) is 0 Å². The number of aliphatic hydroxyl groups is 1. The minimum atomic E-state index is -0.0608. The van der Waals surface area contributed by atoms with Crippen LogP contribution < -0.4 is 11.1 Å². The number of imidazole rings is 1. The second-order valence-electron chi connectivity index (χ2n) is 8.53. The van der Waals surface area contributed by atoms with E-state index in [4.69, 9.17) is 10.7 Å². The van der Waals surface area contributed by atoms with Crippen LogP contribution in [0.4, 0.5) is 5.82 Å². The molecular weight excluding hydrogens is 378 g/mol. The van der Waals surface area contributed by atoms with Gasteiger partial charge in [-0.05, 0) is 37.8 Å². The van der Waals surface area contributed by atoms with E-state index >= 15 is 0 Å². The normalized spacial score (nSPS) is 18.4. The summed E-state index contributed by atoms with van der Waals surface area (Å²) in [7, 11) is 0. The predicted molar refractivity (Wildman–Crippen MR) is 116 cm³/mol. The van der Waals surface area contributed by atoms with Gasteiger partial charge in [-0.3, -0.25) is 4.99 Å². The number of aromatic nitrogens is 4. The van der Waals surface area contributed by atoms with Crippen molar-refractivity contribution in [3.63, 3.8) is 0 Å². The van der Waals surface area contributed by atoms with Crippen molar-refractivity contribution in [2.45, 2.75) is 44.6 Å². The summed E-state index contributed by atoms with van der Waals surface area (Å²) in [6.07, 6.45) is 7.33. The number of rotatable bonds is 8. The van der Waals surface area contributed by atoms with Gasteiger partial charge in [-0.25, -0.2) is 15.0 Å². The lowest BCUT2D eigenvalue weighted by Gasteiger charge is -2.40. The Morgan fingerprint density at radius 1 is 1.27 bits per heavy atom. The summed E-state index contributed by atoms with van der Waals surface area (Å²) in [6.45, 7) is 1.18. The van der Waals surface area contributed by atoms with Gasteiger partial charge >= 0.3 is 0 Å². The maximum Gasteiger partial charge on any atom is 0.156 e. The highest BCUT2D eigenvalue weighted by Gasteiger charge is 2.36. The van der Waals surface area contributed by atoms with Gasteiger partial charge in [0.1, 0.15) is 17.4 Å². The Bertz CT molecular complexity index is 1040. The van der Waals surface area contributed by atoms with Gasteiger partial charge in [-0.1, -0.05) is 18.6 Å². The number of amidine groups is 1. The first-order chi connectivity index (χ1) is 14.7. The van der Waals surface area contributed by atoms with Gasteiger partial charge in [-0.2, -0.15) is 0 Å². The minimum Gasteiger partial charge on any atom is -0.396 e. The molecule has 3 aromatic rings. The summed E-state index contributed by atoms with van der Waals surface area (Å²) in [5, 5.41) is 13.2. The molecule has 2 aliphatic carbocycles. The van der Waals surface area contributed by atoms with Gasteiger partial charge < -0.3 is 21.1 Å². The molecule has 2 fully saturated rings. The molecule has 0 atom stereocenters. The number of hydrogen-bond acceptors (Lipinski definition) is 6. The Balaban J connectivity index is 1.37. The maximum atomic E-state index is 9.78. The molecule has 0 unspecified atom stereocenters. The number of nitrogens with zero attached hydrogens (tertiary/aromatic N) is 4. The standard InChI is InChI=1S/C22H27N7O/c23-20(25-11-18-27-15-4-1-2-5-16(15)28-18)19-21(26-12-22(13-30)8-3-9-22)29-17(10-24-19)14-6-7-14/h1-2,4-5,10,14,30H,3,6-9,11-13H2,(H2,23,25)(H,26,29)(H,27,28). The van der Waals surface area contributed by atoms with Crippen LogP contribution >= 0.6 is 0 Å². The first-order valence-electron chi connectivity index (χ1n) is 10.6. The third kappa shape index (κ3) is 3.75. The van der Waals surface area contributed by atoms with Crippen LogP contribution in [0.1, 0.15) is 55.2 Å². The highest BCUT2D eigenvalue weighted by molar-refractivity contribution is 5.99. The molecule has 5 rings (SSSR count). The van der Waals surface area contributed by atoms with Crippen LogP contribution in [0.2, 0.25) is 0 Å². The van der Waals surface area contributed by atoms with Gasteiger partial charge in [0, 0.05) is 24.1 Å². The Kier molecular flexibility index (Phi) is 4.86. The number of hydrogen-bond donors (Lipinski definition) is 4. The second kappa shape index (κ2) is 7.68. The molecule has 2 aromatic heterocycles. The summed E-state index contributed by atoms with van der Waals surface area (Å²) in [6, 6.07) is 7.88. The highest BCUT2D eigenvalue weighted by Crippen LogP contribution is 2.41. The SMILES string of the molecule is NC(=NCc1nc2ccccc2[nH]1)c1ncc(C2CC2)nc1NCC1(CO)CCC1. The van der Waals surface area contributed by atoms with Crippen LogP contribution in [0.25, 0.3) is 11.0 Å². The van der Waals surface area contributed by atoms with Gasteiger partial charge in [0.15, 0.2) is 5.82 Å². The molecule has 0 saturated heterocycles. The Morgan fingerprint density at radius 3 is 2.80 bits per heavy atom. The van der Waals surface area contributed by atoms with Crippen LogP contribution in [-0.4, -0.2) is 44.0 Å². The lowest BCUT2D eigenvalue weighted by atomic mass is 9.69. The lowest BCUT2D eigenvalue weighted by Crippen LogP contribution is -2.40. The van der Waals surface area contributed by atoms with Crippen molar-refractivity contribution in [3.8, 4) is 0 Å². The fraction of sp³-hybridized carbons (Fsp3) is 0.455. The zero-order valence-electron chi connectivity index (χ0n) is 16.9. The van der Waals surface area contributed by atoms with Crippen molar-refractivity contribution in [3.05, 3.63) is 47.7 Å². The number of nitrogens with one attached hydrogen (secondary N) is 2. The molecule has 156 valence electrons. The van der Waals surface area contributed by atoms with E-state index < -0.39 is 0 Å². The number of aliphatic imine (C=N–C) groups is 1. The van der Waals surface area contributed by atoms with Crippen LogP contribution in [0.3, 0.4) is 0 Å². The van der Waals surface area contributed by atoms with Crippen LogP contribution in [0.5, 0.6) is 0 Å². The number of anilines is 1. The fourth-order valence-electron chi connectivity index (χ4n) is 3.94. The molecule has 5 N–H and O–H groups in total. The zero-order valence-corrected chi connectivity index (χ0v) is 16.9. The van der Waals surface area contributed by atoms with Gasteiger partial charge in [0.2, 0.25) is 0 Å². The average molecular weight is 406 g/mol. The van der Waals surface area contributed by atoms with Crippen molar-refractivity contribution in [1.82, 2.24) is 19.9 Å². The largest absolute Gasteiger partial charge is 0.396 e. The number of para-hydroxylation sites is 2. The molecule has 8 nitrogen and oxygen atoms in total. The van der Waals surface area contributed by atoms with Crippen LogP contribution in [-0.2, 0) is 6.54 Å². The maximum absolute atomic E-state index is 9.78. The van der Waals surface area contributed by atoms with E-state index in [2.05, 4.69) is 25.3 Å². The van der Waals surface area contributed by atoms with E-state index in [0.717, 1.165) is 54.7 Å². The quantitative estimate of drug-likeness (QED) is 0.337. The molecule has 30 heavy (non-hydrogen) atoms. The van der Waals surface area contributed by atoms with E-state index in [1.54, 1.807) is 0 Å². The highest BCUT2D eigenvalue weighted by atomic mass is 16.3. The zero-order chi connectivity index (χ0) is 20.6. The first-order valence-corrected chi connectivity index (χ1v) is 10.6. The molecular formula is C22H27N7O. The molecule has 2 aliphatic rings. The van der Waals surface area contributed by atoms with Crippen LogP contribution in [0, 0.1) is 5.41 Å². The summed E-state index contributed by atoms with van der Waals surface area (Å²) >= 11 is 0. The average Bonchev–Trinajstić information content (AvgIpc) is 3.50. The smallest absolute Gasteiger partial charge is 0.156 e. The lowest BCUT2D eigenvalue weighted by molar-refractivity contribution is 0.0575. The van der Waals surface area contributed by atoms with Crippen molar-refractivity contribution >= 4 is 22.7 Å². The van der Waals surface area contributed by atoms with E-state index in [1.807, 2.05) is 30.5 Å². The Morgan fingerprint density at radius 2 is 2.10 bits per heavy atom. The topological polar surface area (TPSA) is 125 Å². The predicted octanol–water partition coefficient (Wildman–Crippen LogP) is 2.71. The van der Waals surface area contributed by atoms with Crippen molar-refractivity contribution in [2.24, 2.45) is 16.1 Å². The van der Waals surface area contributed by atoms with Gasteiger partial charge in [-0.15, -0.1) is 0 Å². The number of benzene rings is 1. The summed E-state index contributed by atoms with van der Waals surface area (Å²) < 4.78 is 0. The van der Waals surface area contributed by atoms with E-state index in [0.29, 0.717) is 36.4 Å². The molecule has 0 radical (unpaired) electrons. The molecule has 1 aromatic carbocycles. The van der Waals surface area contributed by atoms with Crippen molar-refractivity contribution in [2.75, 3.05) is 18.5 Å². The number of aromatic amines is 1. The van der Waals surface area contributed by atoms with Crippen molar-refractivity contribution < 1.29 is 5.11 Å². The number of nitrogens with two attached hydrogens (primary N) is 1. The summed E-state index contributed by atoms with van der Waals surface area (Å²) in [4.78, 5) is 21.7. The third-order valence-electron chi connectivity index (χ3n) is 6.25.